The molecule has 27 heavy (non-hydrogen) atoms. The standard InChI is InChI=1S/C18H26N6O3/c1-4-15(26)24-6-5-12(13(25)9-24)22-14-8-20-17-16(23-14)11(7-19-17)18(27)21-10(2)3/h4,7,10,12-14,22,25H,1,5-6,8-9H2,2-3H3,(H,19,20)(H,21,27). The smallest absolute Gasteiger partial charge is 0.255 e. The van der Waals surface area contributed by atoms with E-state index >= 15 is 0 Å². The van der Waals surface area contributed by atoms with E-state index in [0.717, 1.165) is 0 Å². The van der Waals surface area contributed by atoms with Crippen molar-refractivity contribution in [2.75, 3.05) is 19.6 Å². The highest BCUT2D eigenvalue weighted by Crippen LogP contribution is 2.13. The number of rotatable bonds is 5. The number of β-amino-alcohol motifs (C(OH)–C–C–N with tert-alkyl or cyclic N) is 1. The van der Waals surface area contributed by atoms with Crippen LogP contribution in [0.25, 0.3) is 0 Å². The predicted molar refractivity (Wildman–Crippen MR) is 98.7 cm³/mol. The third-order valence-corrected chi connectivity index (χ3v) is 4.68. The summed E-state index contributed by atoms with van der Waals surface area (Å²) in [5.74, 6) is -0.374. The molecule has 9 nitrogen and oxygen atoms in total. The first-order valence-corrected chi connectivity index (χ1v) is 9.15. The Balaban J connectivity index is 1.70. The van der Waals surface area contributed by atoms with Gasteiger partial charge in [-0.3, -0.25) is 24.9 Å². The van der Waals surface area contributed by atoms with Crippen molar-refractivity contribution >= 4 is 11.8 Å². The highest BCUT2D eigenvalue weighted by atomic mass is 16.3. The fraction of sp³-hybridized carbons (Fsp3) is 0.556. The zero-order valence-corrected chi connectivity index (χ0v) is 15.6. The van der Waals surface area contributed by atoms with Crippen molar-refractivity contribution in [1.82, 2.24) is 20.5 Å². The van der Waals surface area contributed by atoms with Gasteiger partial charge in [0.25, 0.3) is 5.91 Å². The monoisotopic (exact) mass is 374 g/mol. The molecule has 0 aliphatic carbocycles. The lowest BCUT2D eigenvalue weighted by molar-refractivity contribution is -0.129. The molecule has 1 fully saturated rings. The first kappa shape index (κ1) is 19.2. The highest BCUT2D eigenvalue weighted by molar-refractivity contribution is 5.93. The number of carbonyl (C=O) groups excluding carboxylic acids is 2. The lowest BCUT2D eigenvalue weighted by Crippen LogP contribution is -2.57. The number of carbonyl (C=O) groups is 2. The van der Waals surface area contributed by atoms with Crippen molar-refractivity contribution < 1.29 is 14.7 Å². The van der Waals surface area contributed by atoms with Crippen LogP contribution in [-0.4, -0.2) is 70.8 Å². The molecule has 3 heterocycles. The molecule has 3 atom stereocenters. The number of nitrogens with zero attached hydrogens (tertiary/aromatic N) is 3. The normalized spacial score (nSPS) is 24.6. The van der Waals surface area contributed by atoms with Gasteiger partial charge in [0.2, 0.25) is 5.91 Å². The molecule has 9 heteroatoms. The molecule has 0 spiro atoms. The van der Waals surface area contributed by atoms with Crippen LogP contribution in [0.15, 0.2) is 28.8 Å². The average Bonchev–Trinajstić information content (AvgIpc) is 3.05. The SMILES string of the molecule is C=CC(=O)N1CCC(NC2CN=c3[nH]cc(C(=O)NC(C)C)c3=N2)C(O)C1. The summed E-state index contributed by atoms with van der Waals surface area (Å²) in [5.41, 5.74) is 1.05. The van der Waals surface area contributed by atoms with Gasteiger partial charge in [0.1, 0.15) is 11.5 Å². The van der Waals surface area contributed by atoms with Crippen molar-refractivity contribution in [1.29, 1.82) is 0 Å². The molecule has 1 aromatic rings. The van der Waals surface area contributed by atoms with Gasteiger partial charge in [0, 0.05) is 31.4 Å². The molecule has 0 saturated carbocycles. The highest BCUT2D eigenvalue weighted by Gasteiger charge is 2.31. The summed E-state index contributed by atoms with van der Waals surface area (Å²) >= 11 is 0. The fourth-order valence-electron chi connectivity index (χ4n) is 3.34. The Labute approximate surface area is 157 Å². The van der Waals surface area contributed by atoms with Gasteiger partial charge in [-0.05, 0) is 26.3 Å². The summed E-state index contributed by atoms with van der Waals surface area (Å²) in [6, 6.07) is -0.174. The largest absolute Gasteiger partial charge is 0.390 e. The van der Waals surface area contributed by atoms with Gasteiger partial charge in [-0.25, -0.2) is 0 Å². The second kappa shape index (κ2) is 8.01. The minimum atomic E-state index is -0.700. The van der Waals surface area contributed by atoms with E-state index in [1.807, 2.05) is 13.8 Å². The number of aliphatic hydroxyl groups excluding tert-OH is 1. The third kappa shape index (κ3) is 4.25. The Hall–Kier alpha value is -2.52. The molecule has 2 aliphatic heterocycles. The van der Waals surface area contributed by atoms with E-state index in [-0.39, 0.29) is 36.6 Å². The van der Waals surface area contributed by atoms with Gasteiger partial charge in [0.15, 0.2) is 5.49 Å². The van der Waals surface area contributed by atoms with Crippen LogP contribution in [0.5, 0.6) is 0 Å². The lowest BCUT2D eigenvalue weighted by atomic mass is 10.0. The number of aromatic nitrogens is 1. The molecule has 2 aliphatic rings. The lowest BCUT2D eigenvalue weighted by Gasteiger charge is -2.37. The van der Waals surface area contributed by atoms with E-state index in [9.17, 15) is 14.7 Å². The molecule has 3 rings (SSSR count). The molecule has 1 aromatic heterocycles. The molecule has 0 aromatic carbocycles. The van der Waals surface area contributed by atoms with Crippen molar-refractivity contribution in [3.8, 4) is 0 Å². The average molecular weight is 374 g/mol. The Bertz CT molecular complexity index is 846. The zero-order chi connectivity index (χ0) is 19.6. The van der Waals surface area contributed by atoms with Crippen LogP contribution in [0, 0.1) is 0 Å². The summed E-state index contributed by atoms with van der Waals surface area (Å²) in [6.07, 6.45) is 2.45. The van der Waals surface area contributed by atoms with Crippen LogP contribution in [0.4, 0.5) is 0 Å². The van der Waals surface area contributed by atoms with Crippen LogP contribution in [0.2, 0.25) is 0 Å². The van der Waals surface area contributed by atoms with E-state index in [0.29, 0.717) is 35.9 Å². The number of aromatic amines is 1. The third-order valence-electron chi connectivity index (χ3n) is 4.68. The number of nitrogens with one attached hydrogen (secondary N) is 3. The van der Waals surface area contributed by atoms with Crippen molar-refractivity contribution in [2.24, 2.45) is 9.98 Å². The van der Waals surface area contributed by atoms with Gasteiger partial charge in [0.05, 0.1) is 18.2 Å². The van der Waals surface area contributed by atoms with Gasteiger partial charge in [-0.1, -0.05) is 6.58 Å². The van der Waals surface area contributed by atoms with E-state index in [2.05, 4.69) is 32.2 Å². The molecule has 0 bridgehead atoms. The van der Waals surface area contributed by atoms with Crippen molar-refractivity contribution in [3.63, 3.8) is 0 Å². The fourth-order valence-corrected chi connectivity index (χ4v) is 3.34. The molecule has 0 radical (unpaired) electrons. The number of H-pyrrole nitrogens is 1. The Kier molecular flexibility index (Phi) is 5.71. The summed E-state index contributed by atoms with van der Waals surface area (Å²) in [5, 5.41) is 17.1. The van der Waals surface area contributed by atoms with Gasteiger partial charge in [-0.15, -0.1) is 0 Å². The van der Waals surface area contributed by atoms with E-state index in [4.69, 9.17) is 0 Å². The maximum atomic E-state index is 12.3. The van der Waals surface area contributed by atoms with Gasteiger partial charge in [-0.2, -0.15) is 0 Å². The molecule has 2 amide bonds. The number of amides is 2. The van der Waals surface area contributed by atoms with Crippen LogP contribution in [0.1, 0.15) is 30.6 Å². The van der Waals surface area contributed by atoms with Crippen LogP contribution < -0.4 is 21.5 Å². The summed E-state index contributed by atoms with van der Waals surface area (Å²) < 4.78 is 0. The number of hydrogen-bond acceptors (Lipinski definition) is 6. The number of aliphatic hydroxyl groups is 1. The zero-order valence-electron chi connectivity index (χ0n) is 15.6. The number of likely N-dealkylation sites (tertiary alicyclic amines) is 1. The predicted octanol–water partition coefficient (Wildman–Crippen LogP) is -1.53. The Morgan fingerprint density at radius 3 is 2.93 bits per heavy atom. The van der Waals surface area contributed by atoms with Gasteiger partial charge < -0.3 is 20.3 Å². The summed E-state index contributed by atoms with van der Waals surface area (Å²) in [7, 11) is 0. The molecule has 4 N–H and O–H groups in total. The molecule has 146 valence electrons. The van der Waals surface area contributed by atoms with Gasteiger partial charge >= 0.3 is 0 Å². The Morgan fingerprint density at radius 2 is 2.26 bits per heavy atom. The minimum absolute atomic E-state index is 0.0242. The number of hydrogen-bond donors (Lipinski definition) is 4. The maximum Gasteiger partial charge on any atom is 0.255 e. The molecule has 3 unspecified atom stereocenters. The maximum absolute atomic E-state index is 12.3. The van der Waals surface area contributed by atoms with Crippen molar-refractivity contribution in [3.05, 3.63) is 35.3 Å². The van der Waals surface area contributed by atoms with Crippen molar-refractivity contribution in [2.45, 2.75) is 44.6 Å². The quantitative estimate of drug-likeness (QED) is 0.467. The summed E-state index contributed by atoms with van der Waals surface area (Å²) in [4.78, 5) is 37.7. The topological polar surface area (TPSA) is 122 Å². The second-order valence-corrected chi connectivity index (χ2v) is 7.13. The number of piperidine rings is 1. The second-order valence-electron chi connectivity index (χ2n) is 7.13. The van der Waals surface area contributed by atoms with Crippen LogP contribution in [-0.2, 0) is 4.79 Å². The van der Waals surface area contributed by atoms with E-state index in [1.54, 1.807) is 11.1 Å². The summed E-state index contributed by atoms with van der Waals surface area (Å²) in [6.45, 7) is 8.48. The molecular formula is C18H26N6O3. The van der Waals surface area contributed by atoms with Crippen LogP contribution >= 0.6 is 0 Å². The first-order chi connectivity index (χ1) is 12.9. The number of fused-ring (bicyclic) bond motifs is 1. The molecular weight excluding hydrogens is 348 g/mol. The minimum Gasteiger partial charge on any atom is -0.390 e. The van der Waals surface area contributed by atoms with E-state index in [1.165, 1.54) is 6.08 Å². The van der Waals surface area contributed by atoms with Crippen LogP contribution in [0.3, 0.4) is 0 Å². The first-order valence-electron chi connectivity index (χ1n) is 9.15. The Morgan fingerprint density at radius 1 is 1.48 bits per heavy atom. The molecule has 1 saturated heterocycles. The van der Waals surface area contributed by atoms with E-state index < -0.39 is 6.10 Å².